The molecule has 2 rings (SSSR count). The van der Waals surface area contributed by atoms with E-state index in [0.29, 0.717) is 6.54 Å². The minimum Gasteiger partial charge on any atom is -0.313 e. The minimum absolute atomic E-state index is 0.717. The lowest BCUT2D eigenvalue weighted by atomic mass is 10.2. The van der Waals surface area contributed by atoms with Crippen molar-refractivity contribution in [1.29, 1.82) is 0 Å². The number of nitrogens with one attached hydrogen (secondary N) is 1. The van der Waals surface area contributed by atoms with E-state index in [-0.39, 0.29) is 0 Å². The van der Waals surface area contributed by atoms with Crippen molar-refractivity contribution in [3.8, 4) is 5.69 Å². The Morgan fingerprint density at radius 3 is 2.87 bits per heavy atom. The van der Waals surface area contributed by atoms with Gasteiger partial charge >= 0.3 is 0 Å². The number of aryl methyl sites for hydroxylation is 1. The molecule has 0 unspecified atom stereocenters. The van der Waals surface area contributed by atoms with Gasteiger partial charge in [0, 0.05) is 0 Å². The van der Waals surface area contributed by atoms with Gasteiger partial charge in [0.15, 0.2) is 0 Å². The maximum absolute atomic E-state index is 4.23. The lowest BCUT2D eigenvalue weighted by Crippen LogP contribution is -2.12. The molecule has 1 aromatic carbocycles. The summed E-state index contributed by atoms with van der Waals surface area (Å²) in [7, 11) is 1.90. The summed E-state index contributed by atoms with van der Waals surface area (Å²) in [4.78, 5) is 4.21. The topological polar surface area (TPSA) is 42.7 Å². The number of benzene rings is 1. The van der Waals surface area contributed by atoms with Crippen LogP contribution in [0.4, 0.5) is 0 Å². The molecule has 0 aliphatic rings. The smallest absolute Gasteiger partial charge is 0.146 e. The van der Waals surface area contributed by atoms with E-state index in [2.05, 4.69) is 28.4 Å². The third-order valence-electron chi connectivity index (χ3n) is 2.30. The van der Waals surface area contributed by atoms with Crippen LogP contribution < -0.4 is 5.32 Å². The van der Waals surface area contributed by atoms with E-state index in [1.807, 2.05) is 29.9 Å². The number of nitrogens with zero attached hydrogens (tertiary/aromatic N) is 3. The van der Waals surface area contributed by atoms with Gasteiger partial charge in [0.25, 0.3) is 0 Å². The second kappa shape index (κ2) is 4.23. The van der Waals surface area contributed by atoms with Crippen LogP contribution in [0.15, 0.2) is 30.6 Å². The molecule has 0 amide bonds. The third kappa shape index (κ3) is 1.89. The standard InChI is InChI=1S/C11H14N4/c1-9-5-3-4-6-10(9)15-11(7-12-2)13-8-14-15/h3-6,8,12H,7H2,1-2H3. The number of hydrogen-bond donors (Lipinski definition) is 1. The minimum atomic E-state index is 0.717. The Hall–Kier alpha value is -1.68. The Labute approximate surface area is 89.0 Å². The van der Waals surface area contributed by atoms with Gasteiger partial charge < -0.3 is 5.32 Å². The van der Waals surface area contributed by atoms with Crippen LogP contribution in [-0.4, -0.2) is 21.8 Å². The second-order valence-corrected chi connectivity index (χ2v) is 3.40. The number of hydrogen-bond acceptors (Lipinski definition) is 3. The number of para-hydroxylation sites is 1. The van der Waals surface area contributed by atoms with E-state index >= 15 is 0 Å². The van der Waals surface area contributed by atoms with E-state index in [1.54, 1.807) is 6.33 Å². The molecule has 4 heteroatoms. The van der Waals surface area contributed by atoms with E-state index in [9.17, 15) is 0 Å². The molecule has 0 fully saturated rings. The SMILES string of the molecule is CNCc1ncnn1-c1ccccc1C. The van der Waals surface area contributed by atoms with Crippen molar-refractivity contribution in [3.05, 3.63) is 42.0 Å². The molecule has 2 aromatic rings. The normalized spacial score (nSPS) is 10.5. The van der Waals surface area contributed by atoms with Crippen LogP contribution in [0.5, 0.6) is 0 Å². The molecular formula is C11H14N4. The zero-order chi connectivity index (χ0) is 10.7. The first-order valence-electron chi connectivity index (χ1n) is 4.92. The van der Waals surface area contributed by atoms with Crippen LogP contribution in [0.2, 0.25) is 0 Å². The highest BCUT2D eigenvalue weighted by molar-refractivity contribution is 5.39. The van der Waals surface area contributed by atoms with Gasteiger partial charge in [-0.1, -0.05) is 18.2 Å². The summed E-state index contributed by atoms with van der Waals surface area (Å²) in [6, 6.07) is 8.14. The summed E-state index contributed by atoms with van der Waals surface area (Å²) in [5.74, 6) is 0.923. The summed E-state index contributed by atoms with van der Waals surface area (Å²) in [5, 5.41) is 7.31. The summed E-state index contributed by atoms with van der Waals surface area (Å²) in [5.41, 5.74) is 2.28. The van der Waals surface area contributed by atoms with Gasteiger partial charge in [-0.15, -0.1) is 0 Å². The van der Waals surface area contributed by atoms with Crippen molar-refractivity contribution in [2.75, 3.05) is 7.05 Å². The Morgan fingerprint density at radius 1 is 1.33 bits per heavy atom. The average molecular weight is 202 g/mol. The molecule has 1 N–H and O–H groups in total. The van der Waals surface area contributed by atoms with Crippen LogP contribution in [0.25, 0.3) is 5.69 Å². The van der Waals surface area contributed by atoms with Gasteiger partial charge in [0.2, 0.25) is 0 Å². The maximum atomic E-state index is 4.23. The van der Waals surface area contributed by atoms with Crippen molar-refractivity contribution >= 4 is 0 Å². The number of rotatable bonds is 3. The van der Waals surface area contributed by atoms with Gasteiger partial charge in [-0.25, -0.2) is 9.67 Å². The van der Waals surface area contributed by atoms with E-state index in [4.69, 9.17) is 0 Å². The highest BCUT2D eigenvalue weighted by atomic mass is 15.3. The summed E-state index contributed by atoms with van der Waals surface area (Å²) < 4.78 is 1.87. The van der Waals surface area contributed by atoms with Crippen molar-refractivity contribution in [2.45, 2.75) is 13.5 Å². The molecule has 0 atom stereocenters. The molecule has 1 heterocycles. The maximum Gasteiger partial charge on any atom is 0.146 e. The predicted molar refractivity (Wildman–Crippen MR) is 58.9 cm³/mol. The van der Waals surface area contributed by atoms with Gasteiger partial charge in [0.05, 0.1) is 12.2 Å². The molecule has 0 bridgehead atoms. The van der Waals surface area contributed by atoms with Crippen molar-refractivity contribution in [3.63, 3.8) is 0 Å². The van der Waals surface area contributed by atoms with Crippen molar-refractivity contribution in [1.82, 2.24) is 20.1 Å². The molecule has 0 spiro atoms. The van der Waals surface area contributed by atoms with Gasteiger partial charge in [0.1, 0.15) is 12.2 Å². The Morgan fingerprint density at radius 2 is 2.13 bits per heavy atom. The lowest BCUT2D eigenvalue weighted by Gasteiger charge is -2.07. The van der Waals surface area contributed by atoms with Crippen LogP contribution in [0.3, 0.4) is 0 Å². The van der Waals surface area contributed by atoms with Gasteiger partial charge in [-0.3, -0.25) is 0 Å². The molecule has 1 aromatic heterocycles. The van der Waals surface area contributed by atoms with Crippen LogP contribution in [0.1, 0.15) is 11.4 Å². The fourth-order valence-electron chi connectivity index (χ4n) is 1.55. The van der Waals surface area contributed by atoms with Crippen LogP contribution in [0, 0.1) is 6.92 Å². The average Bonchev–Trinajstić information content (AvgIpc) is 2.67. The first kappa shape index (κ1) is 9.86. The molecule has 0 radical (unpaired) electrons. The Kier molecular flexibility index (Phi) is 2.78. The van der Waals surface area contributed by atoms with E-state index < -0.39 is 0 Å². The third-order valence-corrected chi connectivity index (χ3v) is 2.30. The molecular weight excluding hydrogens is 188 g/mol. The predicted octanol–water partition coefficient (Wildman–Crippen LogP) is 1.30. The Bertz CT molecular complexity index is 447. The molecule has 0 saturated carbocycles. The first-order valence-corrected chi connectivity index (χ1v) is 4.92. The summed E-state index contributed by atoms with van der Waals surface area (Å²) >= 11 is 0. The highest BCUT2D eigenvalue weighted by Crippen LogP contribution is 2.13. The van der Waals surface area contributed by atoms with E-state index in [0.717, 1.165) is 11.5 Å². The monoisotopic (exact) mass is 202 g/mol. The zero-order valence-corrected chi connectivity index (χ0v) is 8.94. The fraction of sp³-hybridized carbons (Fsp3) is 0.273. The fourth-order valence-corrected chi connectivity index (χ4v) is 1.55. The van der Waals surface area contributed by atoms with E-state index in [1.165, 1.54) is 5.56 Å². The quantitative estimate of drug-likeness (QED) is 0.815. The highest BCUT2D eigenvalue weighted by Gasteiger charge is 2.06. The zero-order valence-electron chi connectivity index (χ0n) is 8.94. The summed E-state index contributed by atoms with van der Waals surface area (Å²) in [6.45, 7) is 2.79. The van der Waals surface area contributed by atoms with Crippen LogP contribution in [-0.2, 0) is 6.54 Å². The molecule has 15 heavy (non-hydrogen) atoms. The van der Waals surface area contributed by atoms with Gasteiger partial charge in [-0.05, 0) is 25.6 Å². The lowest BCUT2D eigenvalue weighted by molar-refractivity contribution is 0.710. The molecule has 78 valence electrons. The van der Waals surface area contributed by atoms with Crippen LogP contribution >= 0.6 is 0 Å². The molecule has 4 nitrogen and oxygen atoms in total. The Balaban J connectivity index is 2.45. The molecule has 0 aliphatic heterocycles. The largest absolute Gasteiger partial charge is 0.313 e. The first-order chi connectivity index (χ1) is 7.33. The van der Waals surface area contributed by atoms with Crippen molar-refractivity contribution in [2.24, 2.45) is 0 Å². The van der Waals surface area contributed by atoms with Crippen molar-refractivity contribution < 1.29 is 0 Å². The molecule has 0 saturated heterocycles. The van der Waals surface area contributed by atoms with Gasteiger partial charge in [-0.2, -0.15) is 5.10 Å². The second-order valence-electron chi connectivity index (χ2n) is 3.40. The number of aromatic nitrogens is 3. The molecule has 0 aliphatic carbocycles. The summed E-state index contributed by atoms with van der Waals surface area (Å²) in [6.07, 6.45) is 1.58.